The van der Waals surface area contributed by atoms with E-state index in [1.165, 1.54) is 0 Å². The van der Waals surface area contributed by atoms with E-state index in [1.54, 1.807) is 0 Å². The minimum absolute atomic E-state index is 0.170. The van der Waals surface area contributed by atoms with E-state index in [0.717, 1.165) is 37.4 Å². The third-order valence-electron chi connectivity index (χ3n) is 3.96. The van der Waals surface area contributed by atoms with Gasteiger partial charge in [-0.1, -0.05) is 6.07 Å². The number of amides is 1. The lowest BCUT2D eigenvalue weighted by Gasteiger charge is -2.21. The van der Waals surface area contributed by atoms with Crippen LogP contribution in [0.15, 0.2) is 24.3 Å². The molecule has 122 valence electrons. The summed E-state index contributed by atoms with van der Waals surface area (Å²) in [5.74, 6) is 0.998. The Morgan fingerprint density at radius 1 is 1.45 bits per heavy atom. The van der Waals surface area contributed by atoms with Gasteiger partial charge in [-0.05, 0) is 46.0 Å². The molecule has 22 heavy (non-hydrogen) atoms. The van der Waals surface area contributed by atoms with Crippen molar-refractivity contribution in [2.75, 3.05) is 45.7 Å². The normalized spacial score (nSPS) is 17.8. The Morgan fingerprint density at radius 3 is 2.95 bits per heavy atom. The lowest BCUT2D eigenvalue weighted by atomic mass is 10.2. The highest BCUT2D eigenvalue weighted by molar-refractivity contribution is 5.81. The van der Waals surface area contributed by atoms with E-state index in [4.69, 9.17) is 4.74 Å². The molecule has 1 unspecified atom stereocenters. The van der Waals surface area contributed by atoms with Crippen LogP contribution in [0.2, 0.25) is 0 Å². The number of likely N-dealkylation sites (N-methyl/N-ethyl adjacent to an activating group) is 1. The summed E-state index contributed by atoms with van der Waals surface area (Å²) in [5.41, 5.74) is 0.919. The van der Waals surface area contributed by atoms with Crippen molar-refractivity contribution in [3.63, 3.8) is 0 Å². The van der Waals surface area contributed by atoms with Gasteiger partial charge in [0, 0.05) is 30.9 Å². The highest BCUT2D eigenvalue weighted by Crippen LogP contribution is 2.19. The first kappa shape index (κ1) is 16.6. The zero-order chi connectivity index (χ0) is 15.9. The third-order valence-corrected chi connectivity index (χ3v) is 3.96. The summed E-state index contributed by atoms with van der Waals surface area (Å²) in [6.07, 6.45) is 2.23. The summed E-state index contributed by atoms with van der Waals surface area (Å²) in [7, 11) is 4.04. The minimum atomic E-state index is 0.170. The summed E-state index contributed by atoms with van der Waals surface area (Å²) in [6.45, 7) is 4.87. The molecule has 1 fully saturated rings. The summed E-state index contributed by atoms with van der Waals surface area (Å²) in [6, 6.07) is 8.15. The first-order valence-electron chi connectivity index (χ1n) is 7.97. The molecule has 1 heterocycles. The second-order valence-corrected chi connectivity index (χ2v) is 6.11. The Balaban J connectivity index is 1.81. The van der Waals surface area contributed by atoms with Crippen molar-refractivity contribution in [1.82, 2.24) is 9.80 Å². The number of anilines is 1. The number of nitrogens with zero attached hydrogens (tertiary/aromatic N) is 2. The second-order valence-electron chi connectivity index (χ2n) is 6.11. The van der Waals surface area contributed by atoms with Crippen LogP contribution in [-0.2, 0) is 4.79 Å². The molecule has 0 aliphatic carbocycles. The maximum atomic E-state index is 12.2. The number of hydrogen-bond donors (Lipinski definition) is 1. The Kier molecular flexibility index (Phi) is 6.07. The Bertz CT molecular complexity index is 491. The zero-order valence-corrected chi connectivity index (χ0v) is 13.8. The van der Waals surface area contributed by atoms with Crippen LogP contribution in [0.4, 0.5) is 5.69 Å². The fourth-order valence-electron chi connectivity index (χ4n) is 2.62. The lowest BCUT2D eigenvalue weighted by Crippen LogP contribution is -2.37. The van der Waals surface area contributed by atoms with Crippen LogP contribution in [0.25, 0.3) is 0 Å². The first-order chi connectivity index (χ1) is 10.6. The standard InChI is InChI=1S/C17H27N3O2/c1-14-6-5-9-20(14)17(21)13-18-15-7-4-8-16(12-15)22-11-10-19(2)3/h4,7-8,12,14,18H,5-6,9-11,13H2,1-3H3. The summed E-state index contributed by atoms with van der Waals surface area (Å²) >= 11 is 0. The van der Waals surface area contributed by atoms with Gasteiger partial charge in [0.25, 0.3) is 0 Å². The average Bonchev–Trinajstić information content (AvgIpc) is 2.91. The van der Waals surface area contributed by atoms with Crippen LogP contribution in [0, 0.1) is 0 Å². The molecular formula is C17H27N3O2. The molecule has 1 atom stereocenters. The Morgan fingerprint density at radius 2 is 2.27 bits per heavy atom. The van der Waals surface area contributed by atoms with Crippen molar-refractivity contribution in [3.05, 3.63) is 24.3 Å². The number of rotatable bonds is 7. The van der Waals surface area contributed by atoms with E-state index in [0.29, 0.717) is 19.2 Å². The molecule has 0 aromatic heterocycles. The molecule has 1 aromatic rings. The molecular weight excluding hydrogens is 278 g/mol. The van der Waals surface area contributed by atoms with Crippen molar-refractivity contribution in [2.45, 2.75) is 25.8 Å². The molecule has 5 heteroatoms. The van der Waals surface area contributed by atoms with Crippen molar-refractivity contribution in [2.24, 2.45) is 0 Å². The summed E-state index contributed by atoms with van der Waals surface area (Å²) in [5, 5.41) is 3.20. The molecule has 1 aliphatic rings. The van der Waals surface area contributed by atoms with Gasteiger partial charge in [-0.15, -0.1) is 0 Å². The van der Waals surface area contributed by atoms with E-state index < -0.39 is 0 Å². The first-order valence-corrected chi connectivity index (χ1v) is 7.97. The zero-order valence-electron chi connectivity index (χ0n) is 13.8. The monoisotopic (exact) mass is 305 g/mol. The van der Waals surface area contributed by atoms with Gasteiger partial charge in [0.2, 0.25) is 5.91 Å². The van der Waals surface area contributed by atoms with Crippen molar-refractivity contribution >= 4 is 11.6 Å². The third kappa shape index (κ3) is 4.91. The number of likely N-dealkylation sites (tertiary alicyclic amines) is 1. The lowest BCUT2D eigenvalue weighted by molar-refractivity contribution is -0.129. The van der Waals surface area contributed by atoms with E-state index in [9.17, 15) is 4.79 Å². The number of carbonyl (C=O) groups excluding carboxylic acids is 1. The van der Waals surface area contributed by atoms with Crippen molar-refractivity contribution in [1.29, 1.82) is 0 Å². The molecule has 0 bridgehead atoms. The van der Waals surface area contributed by atoms with Crippen LogP contribution in [0.1, 0.15) is 19.8 Å². The predicted octanol–water partition coefficient (Wildman–Crippen LogP) is 2.05. The topological polar surface area (TPSA) is 44.8 Å². The summed E-state index contributed by atoms with van der Waals surface area (Å²) in [4.78, 5) is 16.2. The van der Waals surface area contributed by atoms with Crippen LogP contribution in [-0.4, -0.2) is 62.1 Å². The molecule has 1 N–H and O–H groups in total. The number of hydrogen-bond acceptors (Lipinski definition) is 4. The van der Waals surface area contributed by atoms with Gasteiger partial charge >= 0.3 is 0 Å². The predicted molar refractivity (Wildman–Crippen MR) is 89.4 cm³/mol. The van der Waals surface area contributed by atoms with Gasteiger partial charge in [-0.3, -0.25) is 4.79 Å². The second kappa shape index (κ2) is 8.03. The Labute approximate surface area is 133 Å². The fraction of sp³-hybridized carbons (Fsp3) is 0.588. The average molecular weight is 305 g/mol. The quantitative estimate of drug-likeness (QED) is 0.837. The number of carbonyl (C=O) groups is 1. The highest BCUT2D eigenvalue weighted by Gasteiger charge is 2.24. The van der Waals surface area contributed by atoms with Crippen LogP contribution < -0.4 is 10.1 Å². The van der Waals surface area contributed by atoms with E-state index >= 15 is 0 Å². The van der Waals surface area contributed by atoms with Crippen LogP contribution in [0.5, 0.6) is 5.75 Å². The maximum absolute atomic E-state index is 12.2. The van der Waals surface area contributed by atoms with Crippen LogP contribution >= 0.6 is 0 Å². The molecule has 1 aromatic carbocycles. The molecule has 1 aliphatic heterocycles. The number of nitrogens with one attached hydrogen (secondary N) is 1. The molecule has 0 spiro atoms. The van der Waals surface area contributed by atoms with E-state index in [-0.39, 0.29) is 5.91 Å². The van der Waals surface area contributed by atoms with E-state index in [2.05, 4.69) is 17.1 Å². The molecule has 2 rings (SSSR count). The van der Waals surface area contributed by atoms with Crippen molar-refractivity contribution < 1.29 is 9.53 Å². The molecule has 0 saturated carbocycles. The smallest absolute Gasteiger partial charge is 0.242 e. The van der Waals surface area contributed by atoms with Gasteiger partial charge < -0.3 is 19.9 Å². The maximum Gasteiger partial charge on any atom is 0.242 e. The van der Waals surface area contributed by atoms with Crippen molar-refractivity contribution in [3.8, 4) is 5.75 Å². The molecule has 1 amide bonds. The molecule has 0 radical (unpaired) electrons. The highest BCUT2D eigenvalue weighted by atomic mass is 16.5. The van der Waals surface area contributed by atoms with Gasteiger partial charge in [0.15, 0.2) is 0 Å². The SMILES string of the molecule is CC1CCCN1C(=O)CNc1cccc(OCCN(C)C)c1. The Hall–Kier alpha value is -1.75. The van der Waals surface area contributed by atoms with Gasteiger partial charge in [0.1, 0.15) is 12.4 Å². The van der Waals surface area contributed by atoms with E-state index in [1.807, 2.05) is 43.3 Å². The largest absolute Gasteiger partial charge is 0.492 e. The molecule has 1 saturated heterocycles. The fourth-order valence-corrected chi connectivity index (χ4v) is 2.62. The number of ether oxygens (including phenoxy) is 1. The van der Waals surface area contributed by atoms with Gasteiger partial charge in [-0.2, -0.15) is 0 Å². The number of benzene rings is 1. The van der Waals surface area contributed by atoms with Gasteiger partial charge in [0.05, 0.1) is 6.54 Å². The van der Waals surface area contributed by atoms with Gasteiger partial charge in [-0.25, -0.2) is 0 Å². The van der Waals surface area contributed by atoms with Crippen LogP contribution in [0.3, 0.4) is 0 Å². The summed E-state index contributed by atoms with van der Waals surface area (Å²) < 4.78 is 5.70. The minimum Gasteiger partial charge on any atom is -0.492 e. The molecule has 5 nitrogen and oxygen atoms in total.